The van der Waals surface area contributed by atoms with Crippen molar-refractivity contribution in [3.05, 3.63) is 72.8 Å². The minimum atomic E-state index is -0.274. The summed E-state index contributed by atoms with van der Waals surface area (Å²) in [6, 6.07) is 25.7. The summed E-state index contributed by atoms with van der Waals surface area (Å²) in [7, 11) is 0. The van der Waals surface area contributed by atoms with E-state index in [9.17, 15) is 0 Å². The van der Waals surface area contributed by atoms with Gasteiger partial charge < -0.3 is 9.47 Å². The van der Waals surface area contributed by atoms with E-state index in [-0.39, 0.29) is 11.2 Å². The zero-order chi connectivity index (χ0) is 23.6. The standard InChI is InChI=1S/C31H36O2/c1-7-30(4,5)32-26-20-18-22-14-10-12-16-24(22)28(26)29-25-17-13-11-15-23(25)19-21-27(29)33-31(6,8-2)9-3/h10-21H,7-9H2,1-6H3. The number of ether oxygens (including phenoxy) is 2. The van der Waals surface area contributed by atoms with E-state index >= 15 is 0 Å². The lowest BCUT2D eigenvalue weighted by Gasteiger charge is -2.31. The fraction of sp³-hybridized carbons (Fsp3) is 0.355. The van der Waals surface area contributed by atoms with Crippen molar-refractivity contribution in [1.82, 2.24) is 0 Å². The summed E-state index contributed by atoms with van der Waals surface area (Å²) >= 11 is 0. The van der Waals surface area contributed by atoms with E-state index in [1.165, 1.54) is 21.5 Å². The summed E-state index contributed by atoms with van der Waals surface area (Å²) in [5.41, 5.74) is 1.71. The highest BCUT2D eigenvalue weighted by atomic mass is 16.5. The molecule has 0 aliphatic rings. The van der Waals surface area contributed by atoms with Crippen LogP contribution in [0.2, 0.25) is 0 Å². The Balaban J connectivity index is 2.09. The Bertz CT molecular complexity index is 1260. The number of hydrogen-bond donors (Lipinski definition) is 0. The summed E-state index contributed by atoms with van der Waals surface area (Å²) < 4.78 is 13.5. The predicted octanol–water partition coefficient (Wildman–Crippen LogP) is 9.18. The maximum absolute atomic E-state index is 6.80. The molecule has 0 heterocycles. The van der Waals surface area contributed by atoms with Gasteiger partial charge in [-0.25, -0.2) is 0 Å². The van der Waals surface area contributed by atoms with E-state index < -0.39 is 0 Å². The highest BCUT2D eigenvalue weighted by Gasteiger charge is 2.27. The third-order valence-corrected chi connectivity index (χ3v) is 7.12. The largest absolute Gasteiger partial charge is 0.487 e. The zero-order valence-corrected chi connectivity index (χ0v) is 20.9. The van der Waals surface area contributed by atoms with Gasteiger partial charge in [0.25, 0.3) is 0 Å². The lowest BCUT2D eigenvalue weighted by molar-refractivity contribution is 0.0809. The van der Waals surface area contributed by atoms with Crippen LogP contribution in [0, 0.1) is 0 Å². The van der Waals surface area contributed by atoms with E-state index in [2.05, 4.69) is 114 Å². The summed E-state index contributed by atoms with van der Waals surface area (Å²) in [5.74, 6) is 1.81. The summed E-state index contributed by atoms with van der Waals surface area (Å²) in [5, 5.41) is 4.75. The lowest BCUT2D eigenvalue weighted by Crippen LogP contribution is -2.30. The van der Waals surface area contributed by atoms with Crippen LogP contribution in [0.15, 0.2) is 72.8 Å². The monoisotopic (exact) mass is 440 g/mol. The summed E-state index contributed by atoms with van der Waals surface area (Å²) in [4.78, 5) is 0. The van der Waals surface area contributed by atoms with Crippen LogP contribution in [0.1, 0.15) is 60.8 Å². The minimum absolute atomic E-state index is 0.231. The molecule has 0 saturated carbocycles. The second-order valence-corrected chi connectivity index (χ2v) is 9.79. The van der Waals surface area contributed by atoms with Gasteiger partial charge in [-0.2, -0.15) is 0 Å². The molecule has 2 heteroatoms. The molecular formula is C31H36O2. The first-order valence-corrected chi connectivity index (χ1v) is 12.2. The maximum Gasteiger partial charge on any atom is 0.128 e. The molecule has 4 rings (SSSR count). The molecule has 4 aromatic carbocycles. The molecule has 0 bridgehead atoms. The van der Waals surface area contributed by atoms with Crippen LogP contribution < -0.4 is 9.47 Å². The zero-order valence-electron chi connectivity index (χ0n) is 20.9. The topological polar surface area (TPSA) is 18.5 Å². The van der Waals surface area contributed by atoms with Crippen LogP contribution in [0.5, 0.6) is 11.5 Å². The number of rotatable bonds is 8. The van der Waals surface area contributed by atoms with Gasteiger partial charge in [-0.15, -0.1) is 0 Å². The average molecular weight is 441 g/mol. The molecule has 0 aliphatic carbocycles. The van der Waals surface area contributed by atoms with Crippen molar-refractivity contribution in [3.8, 4) is 22.6 Å². The highest BCUT2D eigenvalue weighted by molar-refractivity contribution is 6.09. The van der Waals surface area contributed by atoms with E-state index in [4.69, 9.17) is 9.47 Å². The first-order valence-electron chi connectivity index (χ1n) is 12.2. The molecule has 2 nitrogen and oxygen atoms in total. The fourth-order valence-corrected chi connectivity index (χ4v) is 4.22. The minimum Gasteiger partial charge on any atom is -0.487 e. The first-order chi connectivity index (χ1) is 15.8. The molecule has 33 heavy (non-hydrogen) atoms. The lowest BCUT2D eigenvalue weighted by atomic mass is 9.91. The predicted molar refractivity (Wildman–Crippen MR) is 142 cm³/mol. The van der Waals surface area contributed by atoms with E-state index in [1.54, 1.807) is 0 Å². The van der Waals surface area contributed by atoms with E-state index in [0.29, 0.717) is 0 Å². The Morgan fingerprint density at radius 2 is 1.00 bits per heavy atom. The molecule has 0 saturated heterocycles. The Labute approximate surface area is 198 Å². The van der Waals surface area contributed by atoms with E-state index in [1.807, 2.05) is 0 Å². The van der Waals surface area contributed by atoms with Crippen molar-refractivity contribution in [1.29, 1.82) is 0 Å². The van der Waals surface area contributed by atoms with Crippen molar-refractivity contribution in [2.75, 3.05) is 0 Å². The van der Waals surface area contributed by atoms with Crippen molar-refractivity contribution in [3.63, 3.8) is 0 Å². The normalized spacial score (nSPS) is 12.3. The second-order valence-electron chi connectivity index (χ2n) is 9.79. The quantitative estimate of drug-likeness (QED) is 0.272. The molecular weight excluding hydrogens is 404 g/mol. The molecule has 172 valence electrons. The molecule has 0 fully saturated rings. The van der Waals surface area contributed by atoms with Crippen molar-refractivity contribution in [2.24, 2.45) is 0 Å². The van der Waals surface area contributed by atoms with Gasteiger partial charge in [0, 0.05) is 11.1 Å². The number of hydrogen-bond acceptors (Lipinski definition) is 2. The Morgan fingerprint density at radius 1 is 0.545 bits per heavy atom. The van der Waals surface area contributed by atoms with Gasteiger partial charge in [0.1, 0.15) is 22.7 Å². The van der Waals surface area contributed by atoms with Crippen LogP contribution >= 0.6 is 0 Å². The molecule has 4 aromatic rings. The maximum atomic E-state index is 6.80. The van der Waals surface area contributed by atoms with Crippen molar-refractivity contribution in [2.45, 2.75) is 72.0 Å². The van der Waals surface area contributed by atoms with Crippen LogP contribution in [0.3, 0.4) is 0 Å². The van der Waals surface area contributed by atoms with Crippen molar-refractivity contribution >= 4 is 21.5 Å². The molecule has 0 amide bonds. The second kappa shape index (κ2) is 9.09. The molecule has 0 N–H and O–H groups in total. The summed E-state index contributed by atoms with van der Waals surface area (Å²) in [6.45, 7) is 13.1. The first kappa shape index (κ1) is 23.2. The van der Waals surface area contributed by atoms with Gasteiger partial charge in [-0.3, -0.25) is 0 Å². The number of benzene rings is 4. The fourth-order valence-electron chi connectivity index (χ4n) is 4.22. The van der Waals surface area contributed by atoms with Crippen LogP contribution in [0.4, 0.5) is 0 Å². The van der Waals surface area contributed by atoms with Gasteiger partial charge in [0.15, 0.2) is 0 Å². The molecule has 0 aliphatic heterocycles. The Hall–Kier alpha value is -3.00. The average Bonchev–Trinajstić information content (AvgIpc) is 2.84. The molecule has 0 aromatic heterocycles. The Morgan fingerprint density at radius 3 is 1.45 bits per heavy atom. The van der Waals surface area contributed by atoms with Crippen molar-refractivity contribution < 1.29 is 9.47 Å². The molecule has 0 spiro atoms. The molecule has 0 unspecified atom stereocenters. The Kier molecular flexibility index (Phi) is 6.38. The summed E-state index contributed by atoms with van der Waals surface area (Å²) in [6.07, 6.45) is 2.80. The van der Waals surface area contributed by atoms with Gasteiger partial charge in [-0.05, 0) is 73.7 Å². The van der Waals surface area contributed by atoms with Gasteiger partial charge in [0.05, 0.1) is 0 Å². The van der Waals surface area contributed by atoms with E-state index in [0.717, 1.165) is 41.9 Å². The molecule has 0 radical (unpaired) electrons. The number of fused-ring (bicyclic) bond motifs is 2. The molecule has 0 atom stereocenters. The van der Waals surface area contributed by atoms with Gasteiger partial charge in [-0.1, -0.05) is 81.4 Å². The van der Waals surface area contributed by atoms with Crippen LogP contribution in [-0.2, 0) is 0 Å². The third kappa shape index (κ3) is 4.57. The van der Waals surface area contributed by atoms with Crippen LogP contribution in [0.25, 0.3) is 32.7 Å². The van der Waals surface area contributed by atoms with Gasteiger partial charge >= 0.3 is 0 Å². The SMILES string of the molecule is CCC(C)(C)Oc1ccc2ccccc2c1-c1c(OC(C)(CC)CC)ccc2ccccc12. The van der Waals surface area contributed by atoms with Gasteiger partial charge in [0.2, 0.25) is 0 Å². The third-order valence-electron chi connectivity index (χ3n) is 7.12. The highest BCUT2D eigenvalue weighted by Crippen LogP contribution is 2.47. The van der Waals surface area contributed by atoms with Crippen LogP contribution in [-0.4, -0.2) is 11.2 Å². The smallest absolute Gasteiger partial charge is 0.128 e.